The summed E-state index contributed by atoms with van der Waals surface area (Å²) in [4.78, 5) is 1.45. The van der Waals surface area contributed by atoms with Gasteiger partial charge in [-0.05, 0) is 64.6 Å². The van der Waals surface area contributed by atoms with Crippen LogP contribution in [0.5, 0.6) is 0 Å². The summed E-state index contributed by atoms with van der Waals surface area (Å²) >= 11 is 6.65. The first kappa shape index (κ1) is 8.26. The van der Waals surface area contributed by atoms with Gasteiger partial charge in [-0.25, -0.2) is 0 Å². The smallest absolute Gasteiger partial charge is 0.0792 e. The van der Waals surface area contributed by atoms with Gasteiger partial charge in [-0.3, -0.25) is 0 Å². The summed E-state index contributed by atoms with van der Waals surface area (Å²) in [6.45, 7) is 4.35. The fourth-order valence-electron chi connectivity index (χ4n) is 0.558. The molecule has 0 nitrogen and oxygen atoms in total. The summed E-state index contributed by atoms with van der Waals surface area (Å²) in [6, 6.07) is 0. The third-order valence-electron chi connectivity index (χ3n) is 1.27. The summed E-state index contributed by atoms with van der Waals surface area (Å²) in [7, 11) is 0. The van der Waals surface area contributed by atoms with E-state index >= 15 is 0 Å². The third-order valence-corrected chi connectivity index (χ3v) is 6.21. The van der Waals surface area contributed by atoms with E-state index in [4.69, 9.17) is 0 Å². The second-order valence-corrected chi connectivity index (χ2v) is 5.99. The fourth-order valence-corrected chi connectivity index (χ4v) is 3.64. The second kappa shape index (κ2) is 3.04. The lowest BCUT2D eigenvalue weighted by Gasteiger charge is -1.86. The Bertz CT molecular complexity index is 205. The Morgan fingerprint density at radius 3 is 1.89 bits per heavy atom. The molecule has 0 unspecified atom stereocenters. The zero-order chi connectivity index (χ0) is 7.02. The minimum atomic E-state index is 1.42. The van der Waals surface area contributed by atoms with Crippen LogP contribution in [-0.4, -0.2) is 0 Å². The van der Waals surface area contributed by atoms with E-state index in [1.54, 1.807) is 0 Å². The highest BCUT2D eigenvalue weighted by molar-refractivity contribution is 14.1. The Morgan fingerprint density at radius 2 is 1.78 bits per heavy atom. The van der Waals surface area contributed by atoms with Gasteiger partial charge in [0, 0.05) is 8.45 Å². The molecule has 0 aliphatic heterocycles. The molecule has 0 aliphatic carbocycles. The molecule has 1 heterocycles. The van der Waals surface area contributed by atoms with E-state index in [9.17, 15) is 0 Å². The zero-order valence-electron chi connectivity index (χ0n) is 5.16. The van der Waals surface area contributed by atoms with Crippen molar-refractivity contribution in [2.24, 2.45) is 0 Å². The predicted molar refractivity (Wildman–Crippen MR) is 59.2 cm³/mol. The van der Waals surface area contributed by atoms with Crippen molar-refractivity contribution in [1.29, 1.82) is 0 Å². The average Bonchev–Trinajstić information content (AvgIpc) is 1.98. The van der Waals surface area contributed by atoms with Crippen molar-refractivity contribution in [3.05, 3.63) is 16.9 Å². The van der Waals surface area contributed by atoms with Gasteiger partial charge in [0.15, 0.2) is 0 Å². The molecular formula is C6H6I2S. The lowest BCUT2D eigenvalue weighted by molar-refractivity contribution is 1.41. The van der Waals surface area contributed by atoms with E-state index in [2.05, 4.69) is 59.0 Å². The molecular weight excluding hydrogens is 358 g/mol. The highest BCUT2D eigenvalue weighted by Crippen LogP contribution is 2.29. The molecule has 0 aromatic carbocycles. The van der Waals surface area contributed by atoms with Gasteiger partial charge >= 0.3 is 0 Å². The van der Waals surface area contributed by atoms with E-state index in [-0.39, 0.29) is 0 Å². The number of thiophene rings is 1. The van der Waals surface area contributed by atoms with Crippen molar-refractivity contribution in [3.8, 4) is 0 Å². The van der Waals surface area contributed by atoms with Crippen LogP contribution < -0.4 is 0 Å². The summed E-state index contributed by atoms with van der Waals surface area (Å²) in [5.41, 5.74) is 1.45. The normalized spacial score (nSPS) is 10.2. The Kier molecular flexibility index (Phi) is 2.79. The first-order valence-electron chi connectivity index (χ1n) is 2.54. The van der Waals surface area contributed by atoms with Crippen LogP contribution in [0.4, 0.5) is 0 Å². The van der Waals surface area contributed by atoms with Crippen LogP contribution in [0, 0.1) is 20.3 Å². The number of hydrogen-bond donors (Lipinski definition) is 0. The number of halogens is 2. The summed E-state index contributed by atoms with van der Waals surface area (Å²) in [5.74, 6) is 0. The molecule has 1 aromatic rings. The summed E-state index contributed by atoms with van der Waals surface area (Å²) in [5, 5.41) is 0. The van der Waals surface area contributed by atoms with E-state index in [1.807, 2.05) is 11.3 Å². The molecule has 0 atom stereocenters. The standard InChI is InChI=1S/C6H6I2S/c1-3-4(2)9-6(8)5(3)7/h1-2H3. The van der Waals surface area contributed by atoms with Crippen LogP contribution in [0.3, 0.4) is 0 Å². The van der Waals surface area contributed by atoms with Crippen LogP contribution >= 0.6 is 56.5 Å². The monoisotopic (exact) mass is 364 g/mol. The molecule has 0 radical (unpaired) electrons. The Hall–Kier alpha value is 1.16. The second-order valence-electron chi connectivity index (χ2n) is 1.87. The SMILES string of the molecule is Cc1sc(I)c(I)c1C. The fraction of sp³-hybridized carbons (Fsp3) is 0.333. The van der Waals surface area contributed by atoms with Gasteiger partial charge < -0.3 is 0 Å². The van der Waals surface area contributed by atoms with Crippen molar-refractivity contribution in [2.45, 2.75) is 13.8 Å². The summed E-state index contributed by atoms with van der Waals surface area (Å²) in [6.07, 6.45) is 0. The van der Waals surface area contributed by atoms with Crippen LogP contribution in [0.2, 0.25) is 0 Å². The molecule has 1 rings (SSSR count). The maximum Gasteiger partial charge on any atom is 0.0792 e. The van der Waals surface area contributed by atoms with Crippen LogP contribution in [0.1, 0.15) is 10.4 Å². The van der Waals surface area contributed by atoms with E-state index < -0.39 is 0 Å². The molecule has 0 aliphatic rings. The van der Waals surface area contributed by atoms with Gasteiger partial charge in [0.2, 0.25) is 0 Å². The van der Waals surface area contributed by atoms with Crippen LogP contribution in [0.15, 0.2) is 0 Å². The van der Waals surface area contributed by atoms with Gasteiger partial charge in [0.1, 0.15) is 0 Å². The number of rotatable bonds is 0. The van der Waals surface area contributed by atoms with Crippen molar-refractivity contribution < 1.29 is 0 Å². The molecule has 9 heavy (non-hydrogen) atoms. The van der Waals surface area contributed by atoms with Crippen molar-refractivity contribution in [1.82, 2.24) is 0 Å². The molecule has 0 fully saturated rings. The maximum atomic E-state index is 2.39. The van der Waals surface area contributed by atoms with Gasteiger partial charge in [0.25, 0.3) is 0 Å². The topological polar surface area (TPSA) is 0 Å². The average molecular weight is 364 g/mol. The van der Waals surface area contributed by atoms with Crippen molar-refractivity contribution in [3.63, 3.8) is 0 Å². The van der Waals surface area contributed by atoms with Gasteiger partial charge in [0.05, 0.1) is 2.88 Å². The maximum absolute atomic E-state index is 2.39. The largest absolute Gasteiger partial charge is 0.133 e. The van der Waals surface area contributed by atoms with Crippen molar-refractivity contribution >= 4 is 56.5 Å². The van der Waals surface area contributed by atoms with Gasteiger partial charge in [-0.15, -0.1) is 11.3 Å². The molecule has 0 saturated heterocycles. The molecule has 0 spiro atoms. The first-order chi connectivity index (χ1) is 4.13. The Labute approximate surface area is 86.3 Å². The molecule has 0 amide bonds. The minimum absolute atomic E-state index is 1.42. The molecule has 1 aromatic heterocycles. The molecule has 50 valence electrons. The lowest BCUT2D eigenvalue weighted by Crippen LogP contribution is -1.72. The molecule has 0 bridgehead atoms. The highest BCUT2D eigenvalue weighted by atomic mass is 127. The quantitative estimate of drug-likeness (QED) is 0.618. The number of hydrogen-bond acceptors (Lipinski definition) is 1. The molecule has 0 N–H and O–H groups in total. The first-order valence-corrected chi connectivity index (χ1v) is 5.51. The van der Waals surface area contributed by atoms with Crippen LogP contribution in [-0.2, 0) is 0 Å². The summed E-state index contributed by atoms with van der Waals surface area (Å²) < 4.78 is 2.85. The van der Waals surface area contributed by atoms with Gasteiger partial charge in [-0.2, -0.15) is 0 Å². The Morgan fingerprint density at radius 1 is 1.22 bits per heavy atom. The lowest BCUT2D eigenvalue weighted by atomic mass is 10.3. The third kappa shape index (κ3) is 1.59. The van der Waals surface area contributed by atoms with Gasteiger partial charge in [-0.1, -0.05) is 0 Å². The number of aryl methyl sites for hydroxylation is 1. The van der Waals surface area contributed by atoms with E-state index in [0.717, 1.165) is 0 Å². The minimum Gasteiger partial charge on any atom is -0.133 e. The van der Waals surface area contributed by atoms with Crippen LogP contribution in [0.25, 0.3) is 0 Å². The van der Waals surface area contributed by atoms with E-state index in [1.165, 1.54) is 16.9 Å². The zero-order valence-corrected chi connectivity index (χ0v) is 10.3. The predicted octanol–water partition coefficient (Wildman–Crippen LogP) is 3.57. The molecule has 0 saturated carbocycles. The molecule has 3 heteroatoms. The Balaban J connectivity index is 3.29. The van der Waals surface area contributed by atoms with E-state index in [0.29, 0.717) is 0 Å². The highest BCUT2D eigenvalue weighted by Gasteiger charge is 2.05. The van der Waals surface area contributed by atoms with Crippen molar-refractivity contribution in [2.75, 3.05) is 0 Å².